The highest BCUT2D eigenvalue weighted by molar-refractivity contribution is 5.70. The number of aryl methyl sites for hydroxylation is 1. The fourth-order valence-electron chi connectivity index (χ4n) is 3.21. The van der Waals surface area contributed by atoms with Crippen LogP contribution >= 0.6 is 0 Å². The van der Waals surface area contributed by atoms with Gasteiger partial charge >= 0.3 is 0 Å². The molecule has 1 heteroatoms. The zero-order valence-corrected chi connectivity index (χ0v) is 17.0. The van der Waals surface area contributed by atoms with E-state index in [1.807, 2.05) is 30.3 Å². The van der Waals surface area contributed by atoms with Crippen LogP contribution in [0.4, 0.5) is 0 Å². The van der Waals surface area contributed by atoms with Crippen LogP contribution in [0, 0.1) is 0 Å². The minimum absolute atomic E-state index is 0.431. The SMILES string of the molecule is CCCCc1ccccc1O.c1ccc(-c2ccc(-c3ccccc3)cc2)cc1. The maximum absolute atomic E-state index is 9.34. The molecule has 0 heterocycles. The lowest BCUT2D eigenvalue weighted by molar-refractivity contribution is 0.467. The van der Waals surface area contributed by atoms with Gasteiger partial charge in [0.1, 0.15) is 5.75 Å². The van der Waals surface area contributed by atoms with Crippen LogP contribution in [-0.4, -0.2) is 5.11 Å². The molecule has 0 spiro atoms. The molecule has 0 aliphatic heterocycles. The van der Waals surface area contributed by atoms with Crippen molar-refractivity contribution in [3.8, 4) is 28.0 Å². The van der Waals surface area contributed by atoms with Gasteiger partial charge in [-0.3, -0.25) is 0 Å². The topological polar surface area (TPSA) is 20.2 Å². The van der Waals surface area contributed by atoms with Gasteiger partial charge in [0.25, 0.3) is 0 Å². The van der Waals surface area contributed by atoms with Gasteiger partial charge in [-0.15, -0.1) is 0 Å². The molecule has 0 aromatic heterocycles. The number of benzene rings is 4. The van der Waals surface area contributed by atoms with Gasteiger partial charge in [0.2, 0.25) is 0 Å². The van der Waals surface area contributed by atoms with Crippen molar-refractivity contribution in [2.24, 2.45) is 0 Å². The summed E-state index contributed by atoms with van der Waals surface area (Å²) in [5.74, 6) is 0.431. The van der Waals surface area contributed by atoms with Crippen LogP contribution in [0.3, 0.4) is 0 Å². The molecule has 0 aliphatic carbocycles. The van der Waals surface area contributed by atoms with Gasteiger partial charge in [0, 0.05) is 0 Å². The first-order valence-corrected chi connectivity index (χ1v) is 10.3. The molecule has 4 rings (SSSR count). The molecule has 0 bridgehead atoms. The summed E-state index contributed by atoms with van der Waals surface area (Å²) in [5.41, 5.74) is 6.11. The van der Waals surface area contributed by atoms with Gasteiger partial charge in [-0.25, -0.2) is 0 Å². The Bertz CT molecular complexity index is 915. The molecule has 4 aromatic rings. The van der Waals surface area contributed by atoms with Crippen molar-refractivity contribution in [2.75, 3.05) is 0 Å². The first-order valence-electron chi connectivity index (χ1n) is 10.3. The van der Waals surface area contributed by atoms with E-state index < -0.39 is 0 Å². The maximum atomic E-state index is 9.34. The van der Waals surface area contributed by atoms with Crippen LogP contribution < -0.4 is 0 Å². The molecule has 0 saturated carbocycles. The molecule has 0 atom stereocenters. The summed E-state index contributed by atoms with van der Waals surface area (Å²) in [5, 5.41) is 9.34. The fourth-order valence-corrected chi connectivity index (χ4v) is 3.21. The zero-order chi connectivity index (χ0) is 20.3. The minimum atomic E-state index is 0.431. The molecule has 0 fully saturated rings. The van der Waals surface area contributed by atoms with Gasteiger partial charge in [-0.2, -0.15) is 0 Å². The Labute approximate surface area is 174 Å². The van der Waals surface area contributed by atoms with Crippen LogP contribution in [0.1, 0.15) is 25.3 Å². The quantitative estimate of drug-likeness (QED) is 0.375. The summed E-state index contributed by atoms with van der Waals surface area (Å²) in [4.78, 5) is 0. The predicted octanol–water partition coefficient (Wildman–Crippen LogP) is 7.76. The van der Waals surface area contributed by atoms with E-state index in [9.17, 15) is 5.11 Å². The molecule has 0 aliphatic rings. The van der Waals surface area contributed by atoms with Crippen molar-refractivity contribution in [1.29, 1.82) is 0 Å². The van der Waals surface area contributed by atoms with E-state index in [2.05, 4.69) is 79.7 Å². The zero-order valence-electron chi connectivity index (χ0n) is 17.0. The monoisotopic (exact) mass is 380 g/mol. The van der Waals surface area contributed by atoms with E-state index in [0.717, 1.165) is 18.4 Å². The predicted molar refractivity (Wildman–Crippen MR) is 124 cm³/mol. The third-order valence-corrected chi connectivity index (χ3v) is 4.89. The van der Waals surface area contributed by atoms with Crippen LogP contribution in [0.5, 0.6) is 5.75 Å². The van der Waals surface area contributed by atoms with Gasteiger partial charge in [0.05, 0.1) is 0 Å². The highest BCUT2D eigenvalue weighted by Crippen LogP contribution is 2.24. The highest BCUT2D eigenvalue weighted by Gasteiger charge is 1.99. The molecule has 4 aromatic carbocycles. The number of rotatable bonds is 5. The Morgan fingerprint density at radius 1 is 0.517 bits per heavy atom. The average Bonchev–Trinajstić information content (AvgIpc) is 2.80. The Kier molecular flexibility index (Phi) is 7.65. The van der Waals surface area contributed by atoms with Gasteiger partial charge < -0.3 is 5.11 Å². The first kappa shape index (κ1) is 20.4. The van der Waals surface area contributed by atoms with E-state index in [-0.39, 0.29) is 0 Å². The van der Waals surface area contributed by atoms with E-state index in [0.29, 0.717) is 5.75 Å². The third-order valence-electron chi connectivity index (χ3n) is 4.89. The van der Waals surface area contributed by atoms with Gasteiger partial charge in [-0.05, 0) is 46.7 Å². The summed E-state index contributed by atoms with van der Waals surface area (Å²) in [6, 6.07) is 37.2. The van der Waals surface area contributed by atoms with E-state index in [1.54, 1.807) is 6.07 Å². The van der Waals surface area contributed by atoms with Crippen LogP contribution in [0.25, 0.3) is 22.3 Å². The van der Waals surface area contributed by atoms with Crippen molar-refractivity contribution in [1.82, 2.24) is 0 Å². The Balaban J connectivity index is 0.000000188. The largest absolute Gasteiger partial charge is 0.508 e. The van der Waals surface area contributed by atoms with Crippen LogP contribution in [0.2, 0.25) is 0 Å². The third kappa shape index (κ3) is 6.08. The number of phenolic OH excluding ortho intramolecular Hbond substituents is 1. The number of aromatic hydroxyl groups is 1. The van der Waals surface area contributed by atoms with Crippen molar-refractivity contribution in [2.45, 2.75) is 26.2 Å². The number of hydrogen-bond donors (Lipinski definition) is 1. The molecule has 0 amide bonds. The summed E-state index contributed by atoms with van der Waals surface area (Å²) in [6.07, 6.45) is 3.31. The summed E-state index contributed by atoms with van der Waals surface area (Å²) >= 11 is 0. The Hall–Kier alpha value is -3.32. The number of phenols is 1. The number of unbranched alkanes of at least 4 members (excludes halogenated alkanes) is 1. The lowest BCUT2D eigenvalue weighted by atomic mass is 10.0. The molecule has 0 radical (unpaired) electrons. The van der Waals surface area contributed by atoms with E-state index in [4.69, 9.17) is 0 Å². The van der Waals surface area contributed by atoms with Gasteiger partial charge in [0.15, 0.2) is 0 Å². The summed E-state index contributed by atoms with van der Waals surface area (Å²) in [7, 11) is 0. The minimum Gasteiger partial charge on any atom is -0.508 e. The number of para-hydroxylation sites is 1. The molecule has 1 nitrogen and oxygen atoms in total. The lowest BCUT2D eigenvalue weighted by Gasteiger charge is -2.04. The second kappa shape index (κ2) is 10.9. The molecular weight excluding hydrogens is 352 g/mol. The van der Waals surface area contributed by atoms with Crippen LogP contribution in [0.15, 0.2) is 109 Å². The van der Waals surface area contributed by atoms with Crippen molar-refractivity contribution >= 4 is 0 Å². The first-order chi connectivity index (χ1) is 14.3. The van der Waals surface area contributed by atoms with Gasteiger partial charge in [-0.1, -0.05) is 116 Å². The van der Waals surface area contributed by atoms with E-state index in [1.165, 1.54) is 28.7 Å². The normalized spacial score (nSPS) is 10.1. The second-order valence-electron chi connectivity index (χ2n) is 7.04. The second-order valence-corrected chi connectivity index (χ2v) is 7.04. The summed E-state index contributed by atoms with van der Waals surface area (Å²) < 4.78 is 0. The number of hydrogen-bond acceptors (Lipinski definition) is 1. The smallest absolute Gasteiger partial charge is 0.118 e. The average molecular weight is 381 g/mol. The highest BCUT2D eigenvalue weighted by atomic mass is 16.3. The standard InChI is InChI=1S/C18H14.C10H14O/c1-3-7-15(8-4-1)17-11-13-18(14-12-17)16-9-5-2-6-10-16;1-2-3-6-9-7-4-5-8-10(9)11/h1-14H;4-5,7-8,11H,2-3,6H2,1H3. The van der Waals surface area contributed by atoms with Crippen molar-refractivity contribution < 1.29 is 5.11 Å². The lowest BCUT2D eigenvalue weighted by Crippen LogP contribution is -1.83. The Morgan fingerprint density at radius 2 is 0.931 bits per heavy atom. The van der Waals surface area contributed by atoms with Crippen LogP contribution in [-0.2, 0) is 6.42 Å². The molecular formula is C28H28O. The molecule has 0 unspecified atom stereocenters. The summed E-state index contributed by atoms with van der Waals surface area (Å²) in [6.45, 7) is 2.15. The maximum Gasteiger partial charge on any atom is 0.118 e. The molecule has 0 saturated heterocycles. The van der Waals surface area contributed by atoms with Crippen molar-refractivity contribution in [3.05, 3.63) is 115 Å². The molecule has 29 heavy (non-hydrogen) atoms. The fraction of sp³-hybridized carbons (Fsp3) is 0.143. The molecule has 1 N–H and O–H groups in total. The van der Waals surface area contributed by atoms with Crippen molar-refractivity contribution in [3.63, 3.8) is 0 Å². The molecule has 146 valence electrons. The van der Waals surface area contributed by atoms with E-state index >= 15 is 0 Å². The Morgan fingerprint density at radius 3 is 1.38 bits per heavy atom.